The lowest BCUT2D eigenvalue weighted by Gasteiger charge is -2.23. The number of hydrogen-bond acceptors (Lipinski definition) is 4. The van der Waals surface area contributed by atoms with Crippen molar-refractivity contribution in [2.75, 3.05) is 26.2 Å². The van der Waals surface area contributed by atoms with Gasteiger partial charge in [0, 0.05) is 44.1 Å². The molecule has 36 heavy (non-hydrogen) atoms. The van der Waals surface area contributed by atoms with Gasteiger partial charge < -0.3 is 18.9 Å². The summed E-state index contributed by atoms with van der Waals surface area (Å²) >= 11 is 0. The van der Waals surface area contributed by atoms with E-state index in [0.29, 0.717) is 43.1 Å². The number of carbonyl (C=O) groups excluding carboxylic acids is 2. The molecule has 0 atom stereocenters. The molecule has 1 saturated heterocycles. The molecule has 0 aliphatic carbocycles. The number of hydrogen-bond donors (Lipinski definition) is 0. The van der Waals surface area contributed by atoms with Crippen LogP contribution in [0.15, 0.2) is 73.1 Å². The normalized spacial score (nSPS) is 14.1. The van der Waals surface area contributed by atoms with Crippen LogP contribution in [0.5, 0.6) is 5.75 Å². The summed E-state index contributed by atoms with van der Waals surface area (Å²) in [5.41, 5.74) is 5.06. The highest BCUT2D eigenvalue weighted by atomic mass is 16.5. The molecule has 0 bridgehead atoms. The summed E-state index contributed by atoms with van der Waals surface area (Å²) < 4.78 is 8.05. The Kier molecular flexibility index (Phi) is 6.71. The highest BCUT2D eigenvalue weighted by Crippen LogP contribution is 2.23. The van der Waals surface area contributed by atoms with Crippen molar-refractivity contribution < 1.29 is 14.3 Å². The van der Waals surface area contributed by atoms with Crippen molar-refractivity contribution >= 4 is 17.5 Å². The van der Waals surface area contributed by atoms with Crippen molar-refractivity contribution in [2.45, 2.75) is 26.9 Å². The minimum absolute atomic E-state index is 0.0134. The average Bonchev–Trinajstić information content (AvgIpc) is 3.16. The van der Waals surface area contributed by atoms with Crippen molar-refractivity contribution in [1.29, 1.82) is 0 Å². The lowest BCUT2D eigenvalue weighted by molar-refractivity contribution is 0.0716. The van der Waals surface area contributed by atoms with E-state index in [2.05, 4.69) is 4.98 Å². The maximum atomic E-state index is 13.5. The second kappa shape index (κ2) is 10.2. The molecule has 2 aromatic carbocycles. The van der Waals surface area contributed by atoms with E-state index in [1.54, 1.807) is 6.07 Å². The number of rotatable bonds is 5. The van der Waals surface area contributed by atoms with Crippen LogP contribution < -0.4 is 4.74 Å². The molecule has 7 heteroatoms. The van der Waals surface area contributed by atoms with Gasteiger partial charge in [0.15, 0.2) is 0 Å². The molecule has 1 fully saturated rings. The maximum Gasteiger partial charge on any atom is 0.257 e. The number of carbonyl (C=O) groups is 2. The van der Waals surface area contributed by atoms with Crippen molar-refractivity contribution in [1.82, 2.24) is 19.2 Å². The summed E-state index contributed by atoms with van der Waals surface area (Å²) in [6.07, 6.45) is 4.64. The number of pyridine rings is 1. The van der Waals surface area contributed by atoms with Gasteiger partial charge in [0.25, 0.3) is 11.8 Å². The number of ether oxygens (including phenoxy) is 1. The van der Waals surface area contributed by atoms with E-state index in [1.807, 2.05) is 95.0 Å². The van der Waals surface area contributed by atoms with Crippen LogP contribution in [0.25, 0.3) is 5.65 Å². The maximum absolute atomic E-state index is 13.5. The first-order valence-electron chi connectivity index (χ1n) is 12.3. The van der Waals surface area contributed by atoms with E-state index in [4.69, 9.17) is 4.74 Å². The summed E-state index contributed by atoms with van der Waals surface area (Å²) in [4.78, 5) is 34.8. The lowest BCUT2D eigenvalue weighted by atomic mass is 10.1. The zero-order valence-electron chi connectivity index (χ0n) is 20.7. The minimum atomic E-state index is -0.0821. The largest absolute Gasteiger partial charge is 0.486 e. The van der Waals surface area contributed by atoms with Crippen LogP contribution >= 0.6 is 0 Å². The average molecular weight is 483 g/mol. The Labute approximate surface area is 210 Å². The molecule has 0 unspecified atom stereocenters. The summed E-state index contributed by atoms with van der Waals surface area (Å²) in [6.45, 7) is 6.48. The summed E-state index contributed by atoms with van der Waals surface area (Å²) in [7, 11) is 0. The summed E-state index contributed by atoms with van der Waals surface area (Å²) in [5.74, 6) is 0.467. The quantitative estimate of drug-likeness (QED) is 0.420. The van der Waals surface area contributed by atoms with Gasteiger partial charge in [0.2, 0.25) is 0 Å². The second-order valence-electron chi connectivity index (χ2n) is 9.25. The molecule has 184 valence electrons. The van der Waals surface area contributed by atoms with Crippen LogP contribution in [0, 0.1) is 13.8 Å². The Bertz CT molecular complexity index is 1410. The van der Waals surface area contributed by atoms with Crippen molar-refractivity contribution in [3.8, 4) is 5.75 Å². The Morgan fingerprint density at radius 1 is 0.889 bits per heavy atom. The highest BCUT2D eigenvalue weighted by Gasteiger charge is 2.25. The van der Waals surface area contributed by atoms with E-state index >= 15 is 0 Å². The van der Waals surface area contributed by atoms with Crippen LogP contribution in [0.4, 0.5) is 0 Å². The molecule has 2 aromatic heterocycles. The molecule has 4 aromatic rings. The van der Waals surface area contributed by atoms with Crippen molar-refractivity contribution in [2.24, 2.45) is 0 Å². The molecule has 0 saturated carbocycles. The number of nitrogens with zero attached hydrogens (tertiary/aromatic N) is 4. The van der Waals surface area contributed by atoms with Gasteiger partial charge in [-0.15, -0.1) is 0 Å². The van der Waals surface area contributed by atoms with Crippen LogP contribution in [0.2, 0.25) is 0 Å². The van der Waals surface area contributed by atoms with Gasteiger partial charge in [0.1, 0.15) is 18.0 Å². The van der Waals surface area contributed by atoms with E-state index in [1.165, 1.54) is 0 Å². The van der Waals surface area contributed by atoms with Crippen LogP contribution in [-0.4, -0.2) is 57.2 Å². The van der Waals surface area contributed by atoms with E-state index in [9.17, 15) is 9.59 Å². The number of amides is 2. The van der Waals surface area contributed by atoms with E-state index in [0.717, 1.165) is 28.9 Å². The predicted molar refractivity (Wildman–Crippen MR) is 138 cm³/mol. The van der Waals surface area contributed by atoms with Gasteiger partial charge in [-0.05, 0) is 56.2 Å². The third kappa shape index (κ3) is 4.96. The predicted octanol–water partition coefficient (Wildman–Crippen LogP) is 4.52. The number of para-hydroxylation sites is 1. The monoisotopic (exact) mass is 482 g/mol. The fourth-order valence-electron chi connectivity index (χ4n) is 4.65. The Morgan fingerprint density at radius 2 is 1.67 bits per heavy atom. The zero-order chi connectivity index (χ0) is 25.1. The van der Waals surface area contributed by atoms with Crippen molar-refractivity contribution in [3.63, 3.8) is 0 Å². The molecular formula is C29H30N4O3. The van der Waals surface area contributed by atoms with E-state index in [-0.39, 0.29) is 18.4 Å². The number of imidazole rings is 1. The van der Waals surface area contributed by atoms with E-state index < -0.39 is 0 Å². The first-order valence-corrected chi connectivity index (χ1v) is 12.3. The van der Waals surface area contributed by atoms with Gasteiger partial charge >= 0.3 is 0 Å². The smallest absolute Gasteiger partial charge is 0.257 e. The number of aryl methyl sites for hydroxylation is 2. The first-order chi connectivity index (χ1) is 17.5. The number of aromatic nitrogens is 2. The Balaban J connectivity index is 1.26. The Hall–Kier alpha value is -4.13. The molecule has 0 spiro atoms. The molecule has 5 rings (SSSR count). The number of fused-ring (bicyclic) bond motifs is 1. The topological polar surface area (TPSA) is 67.2 Å². The third-order valence-electron chi connectivity index (χ3n) is 6.56. The first kappa shape index (κ1) is 23.6. The highest BCUT2D eigenvalue weighted by molar-refractivity contribution is 5.97. The van der Waals surface area contributed by atoms with Gasteiger partial charge in [-0.2, -0.15) is 0 Å². The van der Waals surface area contributed by atoms with Crippen LogP contribution in [0.3, 0.4) is 0 Å². The third-order valence-corrected chi connectivity index (χ3v) is 6.56. The van der Waals surface area contributed by atoms with Crippen molar-refractivity contribution in [3.05, 3.63) is 101 Å². The standard InChI is InChI=1S/C29H30N4O3/c1-21-8-5-10-23(18-21)28(34)31-14-7-15-32(17-16-31)29(35)25-11-3-4-12-26(25)36-20-24-19-33-13-6-9-22(2)27(33)30-24/h3-6,8-13,18-19H,7,14-17,20H2,1-2H3. The zero-order valence-corrected chi connectivity index (χ0v) is 20.7. The van der Waals surface area contributed by atoms with Gasteiger partial charge in [-0.3, -0.25) is 9.59 Å². The summed E-state index contributed by atoms with van der Waals surface area (Å²) in [5, 5.41) is 0. The molecular weight excluding hydrogens is 452 g/mol. The van der Waals surface area contributed by atoms with Gasteiger partial charge in [-0.1, -0.05) is 35.9 Å². The molecule has 0 N–H and O–H groups in total. The lowest BCUT2D eigenvalue weighted by Crippen LogP contribution is -2.37. The van der Waals surface area contributed by atoms with Crippen LogP contribution in [0.1, 0.15) is 44.0 Å². The minimum Gasteiger partial charge on any atom is -0.486 e. The number of benzene rings is 2. The summed E-state index contributed by atoms with van der Waals surface area (Å²) in [6, 6.07) is 19.0. The van der Waals surface area contributed by atoms with Gasteiger partial charge in [0.05, 0.1) is 11.3 Å². The molecule has 0 radical (unpaired) electrons. The molecule has 2 amide bonds. The molecule has 1 aliphatic rings. The molecule has 7 nitrogen and oxygen atoms in total. The fraction of sp³-hybridized carbons (Fsp3) is 0.276. The SMILES string of the molecule is Cc1cccc(C(=O)N2CCCN(C(=O)c3ccccc3OCc3cn4cccc(C)c4n3)CC2)c1. The second-order valence-corrected chi connectivity index (χ2v) is 9.25. The van der Waals surface area contributed by atoms with Gasteiger partial charge in [-0.25, -0.2) is 4.98 Å². The molecule has 1 aliphatic heterocycles. The molecule has 3 heterocycles. The Morgan fingerprint density at radius 3 is 2.44 bits per heavy atom. The fourth-order valence-corrected chi connectivity index (χ4v) is 4.65. The van der Waals surface area contributed by atoms with Crippen LogP contribution in [-0.2, 0) is 6.61 Å².